The predicted octanol–water partition coefficient (Wildman–Crippen LogP) is 1.09. The van der Waals surface area contributed by atoms with E-state index in [1.165, 1.54) is 0 Å². The summed E-state index contributed by atoms with van der Waals surface area (Å²) in [7, 11) is 3.69. The Balaban J connectivity index is 0.00000288. The fraction of sp³-hybridized carbons (Fsp3) is 0.733. The van der Waals surface area contributed by atoms with Crippen LogP contribution in [0.25, 0.3) is 0 Å². The second-order valence-corrected chi connectivity index (χ2v) is 5.66. The third kappa shape index (κ3) is 5.05. The van der Waals surface area contributed by atoms with Crippen LogP contribution in [0.4, 0.5) is 0 Å². The third-order valence-electron chi connectivity index (χ3n) is 4.14. The van der Waals surface area contributed by atoms with E-state index in [9.17, 15) is 4.79 Å². The number of esters is 1. The lowest BCUT2D eigenvalue weighted by atomic mass is 9.98. The van der Waals surface area contributed by atoms with E-state index in [1.54, 1.807) is 7.05 Å². The van der Waals surface area contributed by atoms with E-state index in [4.69, 9.17) is 4.74 Å². The van der Waals surface area contributed by atoms with Crippen molar-refractivity contribution in [1.29, 1.82) is 0 Å². The topological polar surface area (TPSA) is 84.6 Å². The highest BCUT2D eigenvalue weighted by molar-refractivity contribution is 14.0. The molecule has 0 aromatic carbocycles. The Bertz CT molecular complexity index is 574. The van der Waals surface area contributed by atoms with Crippen molar-refractivity contribution in [3.8, 4) is 0 Å². The van der Waals surface area contributed by atoms with Gasteiger partial charge in [0.05, 0.1) is 19.1 Å². The SMILES string of the molecule is CCOC(=O)C1CCCN(C(=NC)NCc2nnc(C)n2C)C1.I. The number of hydrogen-bond donors (Lipinski definition) is 1. The molecule has 24 heavy (non-hydrogen) atoms. The highest BCUT2D eigenvalue weighted by atomic mass is 127. The first-order valence-corrected chi connectivity index (χ1v) is 8.03. The first-order valence-electron chi connectivity index (χ1n) is 8.03. The molecule has 1 aromatic rings. The number of carbonyl (C=O) groups excluding carboxylic acids is 1. The number of hydrogen-bond acceptors (Lipinski definition) is 5. The number of piperidine rings is 1. The zero-order valence-corrected chi connectivity index (χ0v) is 17.1. The molecule has 136 valence electrons. The smallest absolute Gasteiger partial charge is 0.310 e. The highest BCUT2D eigenvalue weighted by Crippen LogP contribution is 2.18. The van der Waals surface area contributed by atoms with Crippen LogP contribution in [-0.4, -0.2) is 58.3 Å². The van der Waals surface area contributed by atoms with E-state index in [0.717, 1.165) is 37.0 Å². The van der Waals surface area contributed by atoms with Gasteiger partial charge in [0.15, 0.2) is 11.8 Å². The van der Waals surface area contributed by atoms with Gasteiger partial charge in [0, 0.05) is 27.2 Å². The third-order valence-corrected chi connectivity index (χ3v) is 4.14. The zero-order valence-electron chi connectivity index (χ0n) is 14.8. The van der Waals surface area contributed by atoms with Gasteiger partial charge >= 0.3 is 5.97 Å². The van der Waals surface area contributed by atoms with Crippen LogP contribution in [-0.2, 0) is 23.1 Å². The van der Waals surface area contributed by atoms with Gasteiger partial charge in [-0.1, -0.05) is 0 Å². The maximum Gasteiger partial charge on any atom is 0.310 e. The van der Waals surface area contributed by atoms with E-state index in [1.807, 2.05) is 25.5 Å². The lowest BCUT2D eigenvalue weighted by Gasteiger charge is -2.33. The molecule has 0 radical (unpaired) electrons. The fourth-order valence-electron chi connectivity index (χ4n) is 2.72. The van der Waals surface area contributed by atoms with Crippen LogP contribution in [0.3, 0.4) is 0 Å². The predicted molar refractivity (Wildman–Crippen MR) is 102 cm³/mol. The molecule has 1 atom stereocenters. The van der Waals surface area contributed by atoms with E-state index in [-0.39, 0.29) is 35.9 Å². The van der Waals surface area contributed by atoms with Gasteiger partial charge in [0.1, 0.15) is 5.82 Å². The van der Waals surface area contributed by atoms with Gasteiger partial charge in [-0.05, 0) is 26.7 Å². The molecule has 0 saturated carbocycles. The molecule has 2 heterocycles. The van der Waals surface area contributed by atoms with E-state index >= 15 is 0 Å². The summed E-state index contributed by atoms with van der Waals surface area (Å²) in [6, 6.07) is 0. The summed E-state index contributed by atoms with van der Waals surface area (Å²) in [5, 5.41) is 11.5. The van der Waals surface area contributed by atoms with E-state index in [2.05, 4.69) is 25.4 Å². The quantitative estimate of drug-likeness (QED) is 0.320. The van der Waals surface area contributed by atoms with Crippen LogP contribution in [0, 0.1) is 12.8 Å². The molecule has 0 aliphatic carbocycles. The Morgan fingerprint density at radius 3 is 2.79 bits per heavy atom. The number of nitrogens with zero attached hydrogens (tertiary/aromatic N) is 5. The van der Waals surface area contributed by atoms with Crippen molar-refractivity contribution >= 4 is 35.9 Å². The molecule has 1 fully saturated rings. The average molecular weight is 450 g/mol. The summed E-state index contributed by atoms with van der Waals surface area (Å²) in [5.74, 6) is 2.30. The van der Waals surface area contributed by atoms with E-state index in [0.29, 0.717) is 19.7 Å². The molecule has 8 nitrogen and oxygen atoms in total. The van der Waals surface area contributed by atoms with E-state index < -0.39 is 0 Å². The van der Waals surface area contributed by atoms with Crippen molar-refractivity contribution in [2.45, 2.75) is 33.2 Å². The minimum absolute atomic E-state index is 0. The molecule has 1 saturated heterocycles. The van der Waals surface area contributed by atoms with Crippen LogP contribution in [0.15, 0.2) is 4.99 Å². The van der Waals surface area contributed by atoms with Crippen molar-refractivity contribution in [3.63, 3.8) is 0 Å². The number of likely N-dealkylation sites (tertiary alicyclic amines) is 1. The molecule has 1 aliphatic rings. The lowest BCUT2D eigenvalue weighted by Crippen LogP contribution is -2.48. The van der Waals surface area contributed by atoms with Gasteiger partial charge in [0.25, 0.3) is 0 Å². The number of aliphatic imine (C=N–C) groups is 1. The van der Waals surface area contributed by atoms with Crippen molar-refractivity contribution in [3.05, 3.63) is 11.6 Å². The molecular formula is C15H27IN6O2. The molecular weight excluding hydrogens is 423 g/mol. The monoisotopic (exact) mass is 450 g/mol. The van der Waals surface area contributed by atoms with Crippen LogP contribution < -0.4 is 5.32 Å². The number of aryl methyl sites for hydroxylation is 1. The molecule has 0 spiro atoms. The van der Waals surface area contributed by atoms with Gasteiger partial charge in [-0.25, -0.2) is 0 Å². The summed E-state index contributed by atoms with van der Waals surface area (Å²) in [5.41, 5.74) is 0. The van der Waals surface area contributed by atoms with Crippen molar-refractivity contribution in [2.75, 3.05) is 26.7 Å². The second kappa shape index (κ2) is 9.80. The maximum absolute atomic E-state index is 12.0. The number of nitrogens with one attached hydrogen (secondary N) is 1. The van der Waals surface area contributed by atoms with Gasteiger partial charge < -0.3 is 19.5 Å². The van der Waals surface area contributed by atoms with Crippen molar-refractivity contribution < 1.29 is 9.53 Å². The number of halogens is 1. The molecule has 0 bridgehead atoms. The number of rotatable bonds is 4. The summed E-state index contributed by atoms with van der Waals surface area (Å²) in [4.78, 5) is 18.4. The Labute approximate surface area is 160 Å². The average Bonchev–Trinajstić information content (AvgIpc) is 2.88. The molecule has 9 heteroatoms. The minimum Gasteiger partial charge on any atom is -0.466 e. The Morgan fingerprint density at radius 1 is 1.46 bits per heavy atom. The number of carbonyl (C=O) groups is 1. The second-order valence-electron chi connectivity index (χ2n) is 5.66. The largest absolute Gasteiger partial charge is 0.466 e. The molecule has 1 unspecified atom stereocenters. The number of guanidine groups is 1. The van der Waals surface area contributed by atoms with Gasteiger partial charge in [0.2, 0.25) is 0 Å². The summed E-state index contributed by atoms with van der Waals surface area (Å²) < 4.78 is 7.09. The zero-order chi connectivity index (χ0) is 16.8. The van der Waals surface area contributed by atoms with Crippen LogP contribution in [0.1, 0.15) is 31.4 Å². The fourth-order valence-corrected chi connectivity index (χ4v) is 2.72. The van der Waals surface area contributed by atoms with Crippen LogP contribution in [0.2, 0.25) is 0 Å². The molecule has 1 N–H and O–H groups in total. The summed E-state index contributed by atoms with van der Waals surface area (Å²) >= 11 is 0. The standard InChI is InChI=1S/C15H26N6O2.HI/c1-5-23-14(22)12-7-6-8-21(10-12)15(16-3)17-9-13-19-18-11(2)20(13)4;/h12H,5-10H2,1-4H3,(H,16,17);1H. The molecule has 2 rings (SSSR count). The maximum atomic E-state index is 12.0. The van der Waals surface area contributed by atoms with Gasteiger partial charge in [-0.3, -0.25) is 9.79 Å². The van der Waals surface area contributed by atoms with Crippen molar-refractivity contribution in [2.24, 2.45) is 18.0 Å². The summed E-state index contributed by atoms with van der Waals surface area (Å²) in [6.07, 6.45) is 1.82. The molecule has 1 aromatic heterocycles. The first-order chi connectivity index (χ1) is 11.1. The van der Waals surface area contributed by atoms with Crippen molar-refractivity contribution in [1.82, 2.24) is 25.0 Å². The Morgan fingerprint density at radius 2 is 2.21 bits per heavy atom. The minimum atomic E-state index is -0.114. The first kappa shape index (κ1) is 20.7. The Hall–Kier alpha value is -1.39. The van der Waals surface area contributed by atoms with Crippen LogP contribution >= 0.6 is 24.0 Å². The highest BCUT2D eigenvalue weighted by Gasteiger charge is 2.28. The normalized spacial score (nSPS) is 18.1. The number of aromatic nitrogens is 3. The Kier molecular flexibility index (Phi) is 8.43. The summed E-state index contributed by atoms with van der Waals surface area (Å²) in [6.45, 7) is 6.24. The van der Waals surface area contributed by atoms with Gasteiger partial charge in [-0.15, -0.1) is 34.2 Å². The lowest BCUT2D eigenvalue weighted by molar-refractivity contribution is -0.149. The van der Waals surface area contributed by atoms with Crippen LogP contribution in [0.5, 0.6) is 0 Å². The number of ether oxygens (including phenoxy) is 1. The molecule has 1 aliphatic heterocycles. The molecule has 0 amide bonds. The van der Waals surface area contributed by atoms with Gasteiger partial charge in [-0.2, -0.15) is 0 Å².